The number of tetrazole rings is 1. The van der Waals surface area contributed by atoms with E-state index < -0.39 is 0 Å². The average molecular weight is 375 g/mol. The number of nitrogens with one attached hydrogen (secondary N) is 2. The number of hydrogen-bond donors (Lipinski definition) is 2. The van der Waals surface area contributed by atoms with E-state index in [1.807, 2.05) is 16.8 Å². The molecular formula is C20H31FN6+2. The molecule has 0 bridgehead atoms. The van der Waals surface area contributed by atoms with Gasteiger partial charge in [0, 0.05) is 18.4 Å². The molecule has 0 aliphatic carbocycles. The van der Waals surface area contributed by atoms with Crippen LogP contribution in [0.1, 0.15) is 57.5 Å². The van der Waals surface area contributed by atoms with Crippen molar-refractivity contribution in [2.24, 2.45) is 0 Å². The molecule has 27 heavy (non-hydrogen) atoms. The van der Waals surface area contributed by atoms with E-state index >= 15 is 0 Å². The number of piperazine rings is 1. The Hall–Kier alpha value is -1.86. The monoisotopic (exact) mass is 374 g/mol. The van der Waals surface area contributed by atoms with Crippen LogP contribution in [0.2, 0.25) is 0 Å². The minimum absolute atomic E-state index is 0.0357. The van der Waals surface area contributed by atoms with Gasteiger partial charge in [-0.15, -0.1) is 5.10 Å². The normalized spacial score (nSPS) is 26.7. The Kier molecular flexibility index (Phi) is 4.99. The lowest BCUT2D eigenvalue weighted by atomic mass is 9.98. The molecule has 0 saturated carbocycles. The van der Waals surface area contributed by atoms with Crippen LogP contribution < -0.4 is 9.80 Å². The predicted octanol–water partition coefficient (Wildman–Crippen LogP) is -0.00750. The molecule has 2 aliphatic rings. The molecule has 2 fully saturated rings. The number of benzene rings is 1. The van der Waals surface area contributed by atoms with E-state index in [0.717, 1.165) is 36.9 Å². The van der Waals surface area contributed by atoms with Crippen molar-refractivity contribution in [1.29, 1.82) is 0 Å². The first-order chi connectivity index (χ1) is 13.0. The van der Waals surface area contributed by atoms with Crippen LogP contribution in [0.15, 0.2) is 24.3 Å². The van der Waals surface area contributed by atoms with Crippen LogP contribution in [0.5, 0.6) is 0 Å². The molecule has 2 N–H and O–H groups in total. The summed E-state index contributed by atoms with van der Waals surface area (Å²) in [5.41, 5.74) is 0.938. The number of hydrogen-bond acceptors (Lipinski definition) is 3. The maximum atomic E-state index is 13.6. The standard InChI is InChI=1S/C20H29FN6/c1-4-20(2,3)27-19(22-23-24-27)18(15-7-9-16(21)10-8-15)26-13-12-25-11-5-6-17(25)14-26/h7-10,17-18H,4-6,11-14H2,1-3H3/p+2/t17-,18-/m1/s1. The summed E-state index contributed by atoms with van der Waals surface area (Å²) in [6, 6.07) is 7.67. The van der Waals surface area contributed by atoms with Crippen LogP contribution in [-0.2, 0) is 5.54 Å². The molecule has 1 aromatic carbocycles. The molecule has 3 heterocycles. The van der Waals surface area contributed by atoms with Crippen molar-refractivity contribution < 1.29 is 14.2 Å². The van der Waals surface area contributed by atoms with Gasteiger partial charge in [-0.25, -0.2) is 9.07 Å². The van der Waals surface area contributed by atoms with Gasteiger partial charge in [0.05, 0.1) is 12.1 Å². The minimum atomic E-state index is -0.203. The number of quaternary nitrogens is 2. The van der Waals surface area contributed by atoms with Crippen molar-refractivity contribution in [3.05, 3.63) is 41.5 Å². The topological polar surface area (TPSA) is 52.5 Å². The lowest BCUT2D eigenvalue weighted by Crippen LogP contribution is -3.29. The second-order valence-electron chi connectivity index (χ2n) is 8.71. The van der Waals surface area contributed by atoms with Crippen LogP contribution in [0, 0.1) is 5.82 Å². The number of rotatable bonds is 5. The largest absolute Gasteiger partial charge is 0.323 e. The Morgan fingerprint density at radius 2 is 2.00 bits per heavy atom. The molecule has 6 nitrogen and oxygen atoms in total. The molecule has 2 aliphatic heterocycles. The van der Waals surface area contributed by atoms with Crippen LogP contribution in [-0.4, -0.2) is 52.4 Å². The highest BCUT2D eigenvalue weighted by molar-refractivity contribution is 5.23. The van der Waals surface area contributed by atoms with Crippen molar-refractivity contribution in [3.63, 3.8) is 0 Å². The van der Waals surface area contributed by atoms with Crippen molar-refractivity contribution >= 4 is 0 Å². The minimum Gasteiger partial charge on any atom is -0.323 e. The molecule has 2 aromatic rings. The van der Waals surface area contributed by atoms with E-state index in [9.17, 15) is 4.39 Å². The fourth-order valence-electron chi connectivity index (χ4n) is 4.74. The highest BCUT2D eigenvalue weighted by Crippen LogP contribution is 2.25. The molecule has 0 spiro atoms. The van der Waals surface area contributed by atoms with Crippen LogP contribution in [0.4, 0.5) is 4.39 Å². The molecule has 2 saturated heterocycles. The molecule has 1 aromatic heterocycles. The highest BCUT2D eigenvalue weighted by Gasteiger charge is 2.43. The fourth-order valence-corrected chi connectivity index (χ4v) is 4.74. The van der Waals surface area contributed by atoms with Crippen LogP contribution in [0.25, 0.3) is 0 Å². The summed E-state index contributed by atoms with van der Waals surface area (Å²) in [4.78, 5) is 3.25. The van der Waals surface area contributed by atoms with Gasteiger partial charge >= 0.3 is 0 Å². The summed E-state index contributed by atoms with van der Waals surface area (Å²) in [7, 11) is 0. The summed E-state index contributed by atoms with van der Waals surface area (Å²) >= 11 is 0. The molecule has 4 atom stereocenters. The predicted molar refractivity (Wildman–Crippen MR) is 100 cm³/mol. The quantitative estimate of drug-likeness (QED) is 0.774. The van der Waals surface area contributed by atoms with E-state index in [0.29, 0.717) is 0 Å². The second-order valence-corrected chi connectivity index (χ2v) is 8.71. The van der Waals surface area contributed by atoms with Crippen LogP contribution in [0.3, 0.4) is 0 Å². The van der Waals surface area contributed by atoms with Crippen molar-refractivity contribution in [3.8, 4) is 0 Å². The number of halogens is 1. The number of fused-ring (bicyclic) bond motifs is 1. The van der Waals surface area contributed by atoms with Gasteiger partial charge in [0.2, 0.25) is 5.82 Å². The zero-order valence-electron chi connectivity index (χ0n) is 16.6. The average Bonchev–Trinajstić information content (AvgIpc) is 3.33. The van der Waals surface area contributed by atoms with E-state index in [1.165, 1.54) is 30.8 Å². The first-order valence-corrected chi connectivity index (χ1v) is 10.2. The number of nitrogens with zero attached hydrogens (tertiary/aromatic N) is 4. The second kappa shape index (κ2) is 7.28. The number of aromatic nitrogens is 4. The van der Waals surface area contributed by atoms with Crippen LogP contribution >= 0.6 is 0 Å². The van der Waals surface area contributed by atoms with Gasteiger partial charge in [0.1, 0.15) is 31.5 Å². The summed E-state index contributed by atoms with van der Waals surface area (Å²) in [6.45, 7) is 11.2. The summed E-state index contributed by atoms with van der Waals surface area (Å²) in [6.07, 6.45) is 3.58. The van der Waals surface area contributed by atoms with Crippen molar-refractivity contribution in [2.75, 3.05) is 26.2 Å². The third-order valence-electron chi connectivity index (χ3n) is 6.71. The fraction of sp³-hybridized carbons (Fsp3) is 0.650. The maximum absolute atomic E-state index is 13.6. The summed E-state index contributed by atoms with van der Waals surface area (Å²) < 4.78 is 15.6. The molecule has 2 unspecified atom stereocenters. The lowest BCUT2D eigenvalue weighted by molar-refractivity contribution is -1.03. The summed E-state index contributed by atoms with van der Waals surface area (Å²) in [5.74, 6) is 0.691. The van der Waals surface area contributed by atoms with Gasteiger partial charge < -0.3 is 9.80 Å². The van der Waals surface area contributed by atoms with Crippen molar-refractivity contribution in [2.45, 2.75) is 57.7 Å². The highest BCUT2D eigenvalue weighted by atomic mass is 19.1. The Bertz CT molecular complexity index is 771. The van der Waals surface area contributed by atoms with E-state index in [2.05, 4.69) is 36.3 Å². The first-order valence-electron chi connectivity index (χ1n) is 10.2. The molecule has 146 valence electrons. The third kappa shape index (κ3) is 3.50. The Balaban J connectivity index is 1.73. The third-order valence-corrected chi connectivity index (χ3v) is 6.71. The van der Waals surface area contributed by atoms with E-state index in [-0.39, 0.29) is 17.4 Å². The van der Waals surface area contributed by atoms with Crippen molar-refractivity contribution in [1.82, 2.24) is 20.2 Å². The Labute approximate surface area is 160 Å². The molecule has 4 rings (SSSR count). The van der Waals surface area contributed by atoms with Gasteiger partial charge in [-0.1, -0.05) is 6.92 Å². The Morgan fingerprint density at radius 3 is 2.74 bits per heavy atom. The van der Waals surface area contributed by atoms with Gasteiger partial charge in [-0.05, 0) is 55.0 Å². The first kappa shape index (κ1) is 18.5. The molecule has 0 radical (unpaired) electrons. The summed E-state index contributed by atoms with van der Waals surface area (Å²) in [5, 5.41) is 12.8. The van der Waals surface area contributed by atoms with E-state index in [4.69, 9.17) is 0 Å². The zero-order valence-corrected chi connectivity index (χ0v) is 16.6. The smallest absolute Gasteiger partial charge is 0.214 e. The lowest BCUT2D eigenvalue weighted by Gasteiger charge is -2.37. The van der Waals surface area contributed by atoms with Gasteiger partial charge in [-0.3, -0.25) is 0 Å². The van der Waals surface area contributed by atoms with E-state index in [1.54, 1.807) is 17.0 Å². The van der Waals surface area contributed by atoms with Gasteiger partial charge in [-0.2, -0.15) is 0 Å². The maximum Gasteiger partial charge on any atom is 0.214 e. The SMILES string of the molecule is CCC(C)(C)n1nnnc1[C@@H](c1ccc(F)cc1)[NH+]1CC[NH+]2CCC[C@@H]2C1. The Morgan fingerprint density at radius 1 is 1.22 bits per heavy atom. The molecular weight excluding hydrogens is 343 g/mol. The molecule has 7 heteroatoms. The molecule has 0 amide bonds. The zero-order chi connectivity index (χ0) is 19.0. The van der Waals surface area contributed by atoms with Gasteiger partial charge in [0.25, 0.3) is 0 Å². The van der Waals surface area contributed by atoms with Gasteiger partial charge in [0.15, 0.2) is 6.04 Å².